The van der Waals surface area contributed by atoms with Crippen LogP contribution in [0.2, 0.25) is 0 Å². The Morgan fingerprint density at radius 2 is 1.81 bits per heavy atom. The summed E-state index contributed by atoms with van der Waals surface area (Å²) in [6.45, 7) is 12.5. The maximum atomic E-state index is 11.6. The van der Waals surface area contributed by atoms with E-state index in [1.54, 1.807) is 6.08 Å². The minimum Gasteiger partial charge on any atom is -0.481 e. The van der Waals surface area contributed by atoms with Crippen molar-refractivity contribution in [1.82, 2.24) is 5.32 Å². The Labute approximate surface area is 187 Å². The Hall–Kier alpha value is -3.08. The molecule has 1 aliphatic heterocycles. The number of nitrogens with one attached hydrogen (secondary N) is 2. The summed E-state index contributed by atoms with van der Waals surface area (Å²) in [4.78, 5) is 22.0. The van der Waals surface area contributed by atoms with Crippen molar-refractivity contribution in [2.75, 3.05) is 18.4 Å². The molecule has 0 fully saturated rings. The summed E-state index contributed by atoms with van der Waals surface area (Å²) in [5, 5.41) is 14.4. The van der Waals surface area contributed by atoms with E-state index in [1.807, 2.05) is 51.1 Å². The zero-order valence-corrected chi connectivity index (χ0v) is 19.4. The van der Waals surface area contributed by atoms with E-state index in [1.165, 1.54) is 11.1 Å². The summed E-state index contributed by atoms with van der Waals surface area (Å²) < 4.78 is 0. The monoisotopic (exact) mass is 426 g/mol. The third kappa shape index (κ3) is 13.7. The van der Waals surface area contributed by atoms with Gasteiger partial charge in [0, 0.05) is 18.8 Å². The summed E-state index contributed by atoms with van der Waals surface area (Å²) in [5.41, 5.74) is 4.70. The molecule has 0 unspecified atom stereocenters. The predicted octanol–water partition coefficient (Wildman–Crippen LogP) is 5.39. The number of carbonyl (C=O) groups excluding carboxylic acids is 1. The van der Waals surface area contributed by atoms with Gasteiger partial charge in [0.25, 0.3) is 0 Å². The van der Waals surface area contributed by atoms with Gasteiger partial charge < -0.3 is 15.7 Å². The topological polar surface area (TPSA) is 78.4 Å². The number of fused-ring (bicyclic) bond motifs is 1. The van der Waals surface area contributed by atoms with E-state index >= 15 is 0 Å². The second-order valence-corrected chi connectivity index (χ2v) is 6.76. The molecule has 0 atom stereocenters. The molecule has 0 saturated carbocycles. The number of aryl methyl sites for hydroxylation is 2. The first-order chi connectivity index (χ1) is 15.0. The second kappa shape index (κ2) is 17.8. The number of carboxylic acids is 1. The van der Waals surface area contributed by atoms with Crippen molar-refractivity contribution < 1.29 is 14.7 Å². The summed E-state index contributed by atoms with van der Waals surface area (Å²) in [5.74, 6) is -1.04. The third-order valence-electron chi connectivity index (χ3n) is 4.07. The van der Waals surface area contributed by atoms with Gasteiger partial charge in [-0.2, -0.15) is 0 Å². The zero-order chi connectivity index (χ0) is 23.5. The van der Waals surface area contributed by atoms with Gasteiger partial charge in [-0.3, -0.25) is 9.59 Å². The first-order valence-electron chi connectivity index (χ1n) is 10.9. The summed E-state index contributed by atoms with van der Waals surface area (Å²) in [7, 11) is 0. The lowest BCUT2D eigenvalue weighted by Gasteiger charge is -2.18. The molecule has 1 aliphatic rings. The lowest BCUT2D eigenvalue weighted by atomic mass is 9.99. The number of hydrogen-bond donors (Lipinski definition) is 3. The van der Waals surface area contributed by atoms with Crippen molar-refractivity contribution in [1.29, 1.82) is 0 Å². The lowest BCUT2D eigenvalue weighted by Crippen LogP contribution is -2.27. The van der Waals surface area contributed by atoms with Crippen LogP contribution in [0.1, 0.15) is 50.3 Å². The van der Waals surface area contributed by atoms with Crippen LogP contribution in [0, 0.1) is 6.92 Å². The molecule has 0 aromatic heterocycles. The van der Waals surface area contributed by atoms with Gasteiger partial charge in [-0.05, 0) is 43.9 Å². The number of allylic oxidation sites excluding steroid dienone is 1. The Bertz CT molecular complexity index is 773. The Morgan fingerprint density at radius 3 is 2.35 bits per heavy atom. The molecule has 1 heterocycles. The minimum atomic E-state index is -0.903. The average molecular weight is 427 g/mol. The molecular formula is C26H38N2O3. The highest BCUT2D eigenvalue weighted by molar-refractivity contribution is 5.79. The highest BCUT2D eigenvalue weighted by Crippen LogP contribution is 2.23. The summed E-state index contributed by atoms with van der Waals surface area (Å²) in [6, 6.07) is 16.3. The first-order valence-corrected chi connectivity index (χ1v) is 10.9. The Morgan fingerprint density at radius 1 is 1.16 bits per heavy atom. The molecular weight excluding hydrogens is 388 g/mol. The molecule has 0 bridgehead atoms. The molecule has 3 N–H and O–H groups in total. The average Bonchev–Trinajstić information content (AvgIpc) is 2.76. The molecule has 2 aromatic rings. The second-order valence-electron chi connectivity index (χ2n) is 6.76. The third-order valence-corrected chi connectivity index (χ3v) is 4.07. The van der Waals surface area contributed by atoms with Crippen LogP contribution in [0.4, 0.5) is 5.69 Å². The molecule has 0 radical (unpaired) electrons. The molecule has 5 heteroatoms. The number of carbonyl (C=O) groups is 2. The number of anilines is 1. The van der Waals surface area contributed by atoms with Crippen LogP contribution in [0.25, 0.3) is 0 Å². The highest BCUT2D eigenvalue weighted by Gasteiger charge is 2.10. The van der Waals surface area contributed by atoms with Crippen LogP contribution in [-0.2, 0) is 22.4 Å². The molecule has 3 rings (SSSR count). The molecule has 0 aliphatic carbocycles. The molecule has 170 valence electrons. The van der Waals surface area contributed by atoms with Gasteiger partial charge in [-0.1, -0.05) is 68.0 Å². The van der Waals surface area contributed by atoms with Crippen LogP contribution < -0.4 is 10.6 Å². The summed E-state index contributed by atoms with van der Waals surface area (Å²) >= 11 is 0. The number of amides is 1. The van der Waals surface area contributed by atoms with Gasteiger partial charge in [0.05, 0.1) is 12.8 Å². The SMILES string of the molecule is C=CC.CC.Cc1ccccc1.O=C(O)CCNC(=O)Cc1ccc2c(c1)CCCN2. The van der Waals surface area contributed by atoms with E-state index < -0.39 is 5.97 Å². The van der Waals surface area contributed by atoms with E-state index in [2.05, 4.69) is 42.3 Å². The van der Waals surface area contributed by atoms with E-state index in [0.717, 1.165) is 30.6 Å². The van der Waals surface area contributed by atoms with Crippen LogP contribution in [0.3, 0.4) is 0 Å². The standard InChI is InChI=1S/C14H18N2O3.C7H8.C3H6.C2H6/c17-13(16-7-5-14(18)19)9-10-3-4-12-11(8-10)2-1-6-15-12;1-7-5-3-2-4-6-7;1-3-2;1-2/h3-4,8,15H,1-2,5-7,9H2,(H,16,17)(H,18,19);2-6H,1H3;3H,1H2,2H3;1-2H3. The maximum Gasteiger partial charge on any atom is 0.305 e. The van der Waals surface area contributed by atoms with Crippen LogP contribution in [0.15, 0.2) is 61.2 Å². The Balaban J connectivity index is 0.000000619. The van der Waals surface area contributed by atoms with Crippen molar-refractivity contribution in [2.24, 2.45) is 0 Å². The smallest absolute Gasteiger partial charge is 0.305 e. The largest absolute Gasteiger partial charge is 0.481 e. The molecule has 0 spiro atoms. The molecule has 5 nitrogen and oxygen atoms in total. The molecule has 31 heavy (non-hydrogen) atoms. The van der Waals surface area contributed by atoms with Crippen LogP contribution in [-0.4, -0.2) is 30.1 Å². The lowest BCUT2D eigenvalue weighted by molar-refractivity contribution is -0.136. The molecule has 0 saturated heterocycles. The van der Waals surface area contributed by atoms with Gasteiger partial charge >= 0.3 is 5.97 Å². The van der Waals surface area contributed by atoms with Gasteiger partial charge in [0.15, 0.2) is 0 Å². The predicted molar refractivity (Wildman–Crippen MR) is 131 cm³/mol. The fraction of sp³-hybridized carbons (Fsp3) is 0.385. The van der Waals surface area contributed by atoms with E-state index in [0.29, 0.717) is 6.42 Å². The minimum absolute atomic E-state index is 0.0418. The number of aliphatic carboxylic acids is 1. The van der Waals surface area contributed by atoms with Gasteiger partial charge in [0.1, 0.15) is 0 Å². The van der Waals surface area contributed by atoms with Crippen LogP contribution in [0.5, 0.6) is 0 Å². The molecule has 1 amide bonds. The normalized spacial score (nSPS) is 10.7. The maximum absolute atomic E-state index is 11.6. The quantitative estimate of drug-likeness (QED) is 0.560. The van der Waals surface area contributed by atoms with Crippen LogP contribution >= 0.6 is 0 Å². The van der Waals surface area contributed by atoms with Crippen molar-refractivity contribution >= 4 is 17.6 Å². The number of rotatable bonds is 5. The van der Waals surface area contributed by atoms with Crippen molar-refractivity contribution in [3.63, 3.8) is 0 Å². The van der Waals surface area contributed by atoms with Crippen molar-refractivity contribution in [3.8, 4) is 0 Å². The molecule has 2 aromatic carbocycles. The Kier molecular flexibility index (Phi) is 16.0. The van der Waals surface area contributed by atoms with Gasteiger partial charge in [-0.25, -0.2) is 0 Å². The van der Waals surface area contributed by atoms with E-state index in [9.17, 15) is 9.59 Å². The fourth-order valence-electron chi connectivity index (χ4n) is 2.73. The van der Waals surface area contributed by atoms with Gasteiger partial charge in [0.2, 0.25) is 5.91 Å². The highest BCUT2D eigenvalue weighted by atomic mass is 16.4. The van der Waals surface area contributed by atoms with Gasteiger partial charge in [-0.15, -0.1) is 6.58 Å². The number of hydrogen-bond acceptors (Lipinski definition) is 3. The first kappa shape index (κ1) is 27.9. The fourth-order valence-corrected chi connectivity index (χ4v) is 2.73. The van der Waals surface area contributed by atoms with Crippen molar-refractivity contribution in [2.45, 2.75) is 53.4 Å². The number of carboxylic acid groups (broad SMARTS) is 1. The van der Waals surface area contributed by atoms with E-state index in [-0.39, 0.29) is 18.9 Å². The zero-order valence-electron chi connectivity index (χ0n) is 19.4. The summed E-state index contributed by atoms with van der Waals surface area (Å²) in [6.07, 6.45) is 4.16. The number of benzene rings is 2. The van der Waals surface area contributed by atoms with Crippen molar-refractivity contribution in [3.05, 3.63) is 77.9 Å². The van der Waals surface area contributed by atoms with E-state index in [4.69, 9.17) is 5.11 Å².